The molecule has 5 aromatic rings. The van der Waals surface area contributed by atoms with Crippen molar-refractivity contribution >= 4 is 28.9 Å². The van der Waals surface area contributed by atoms with Gasteiger partial charge >= 0.3 is 0 Å². The Labute approximate surface area is 252 Å². The molecule has 10 nitrogen and oxygen atoms in total. The Morgan fingerprint density at radius 1 is 1.00 bits per heavy atom. The van der Waals surface area contributed by atoms with Gasteiger partial charge in [0.1, 0.15) is 0 Å². The summed E-state index contributed by atoms with van der Waals surface area (Å²) in [5.74, 6) is -0.299. The predicted octanol–water partition coefficient (Wildman–Crippen LogP) is 6.32. The molecule has 1 aromatic carbocycles. The summed E-state index contributed by atoms with van der Waals surface area (Å²) in [5.41, 5.74) is 5.67. The van der Waals surface area contributed by atoms with E-state index in [0.29, 0.717) is 52.6 Å². The Morgan fingerprint density at radius 3 is 2.67 bits per heavy atom. The first-order valence-electron chi connectivity index (χ1n) is 13.8. The van der Waals surface area contributed by atoms with Crippen LogP contribution in [0.3, 0.4) is 0 Å². The smallest absolute Gasteiger partial charge is 0.254 e. The van der Waals surface area contributed by atoms with E-state index in [0.717, 1.165) is 22.4 Å². The second-order valence-corrected chi connectivity index (χ2v) is 11.0. The minimum atomic E-state index is -0.404. The summed E-state index contributed by atoms with van der Waals surface area (Å²) in [6.07, 6.45) is 10.00. The Balaban J connectivity index is 1.44. The summed E-state index contributed by atoms with van der Waals surface area (Å²) < 4.78 is 3.32. The number of carbonyl (C=O) groups excluding carboxylic acids is 1. The van der Waals surface area contributed by atoms with E-state index in [1.165, 1.54) is 12.3 Å². The highest BCUT2D eigenvalue weighted by Crippen LogP contribution is 2.35. The second-order valence-electron chi connectivity index (χ2n) is 10.6. The number of amides is 1. The van der Waals surface area contributed by atoms with Crippen LogP contribution in [-0.2, 0) is 11.8 Å². The van der Waals surface area contributed by atoms with Gasteiger partial charge in [-0.2, -0.15) is 5.10 Å². The molecular formula is C32H27ClN8O2. The van der Waals surface area contributed by atoms with Crippen LogP contribution in [0.15, 0.2) is 78.4 Å². The van der Waals surface area contributed by atoms with Crippen LogP contribution < -0.4 is 10.9 Å². The predicted molar refractivity (Wildman–Crippen MR) is 165 cm³/mol. The fraction of sp³-hybridized carbons (Fsp3) is 0.219. The molecule has 1 amide bonds. The van der Waals surface area contributed by atoms with Crippen molar-refractivity contribution in [2.45, 2.75) is 32.2 Å². The Hall–Kier alpha value is -5.14. The molecule has 1 aliphatic rings. The first kappa shape index (κ1) is 28.0. The van der Waals surface area contributed by atoms with Gasteiger partial charge in [-0.15, -0.1) is 0 Å². The number of rotatable bonds is 3. The summed E-state index contributed by atoms with van der Waals surface area (Å²) >= 11 is 6.37. The Bertz CT molecular complexity index is 1960. The van der Waals surface area contributed by atoms with Crippen molar-refractivity contribution in [3.05, 3.63) is 106 Å². The first-order chi connectivity index (χ1) is 20.8. The van der Waals surface area contributed by atoms with E-state index in [2.05, 4.69) is 25.2 Å². The molecule has 0 radical (unpaired) electrons. The molecule has 0 fully saturated rings. The summed E-state index contributed by atoms with van der Waals surface area (Å²) in [6, 6.07) is 12.0. The lowest BCUT2D eigenvalue weighted by Crippen LogP contribution is -2.27. The number of hydrogen-bond donors (Lipinski definition) is 1. The standard InChI is InChI=1S/C32H27ClN8O2/c1-19-5-4-6-29(27-12-20(9-10-36-27)31-28(39-32(19)43)17-38-40(31)3)41-18-37-26(14-30(41)42)25-13-22(33)7-8-24(25)21-11-23(34-2)16-35-15-21/h7-19,29H,4-6H2,1,3H3,(H,39,43)/t19-,29+/m1/s1. The third-order valence-corrected chi connectivity index (χ3v) is 7.98. The highest BCUT2D eigenvalue weighted by Gasteiger charge is 2.24. The number of carbonyl (C=O) groups is 1. The molecule has 0 spiro atoms. The second kappa shape index (κ2) is 11.6. The summed E-state index contributed by atoms with van der Waals surface area (Å²) in [4.78, 5) is 43.8. The number of fused-ring (bicyclic) bond motifs is 4. The molecule has 43 heavy (non-hydrogen) atoms. The molecule has 11 heteroatoms. The van der Waals surface area contributed by atoms with Gasteiger partial charge in [-0.25, -0.2) is 9.83 Å². The molecule has 214 valence electrons. The molecule has 0 unspecified atom stereocenters. The fourth-order valence-electron chi connectivity index (χ4n) is 5.49. The number of halogens is 1. The number of nitrogens with zero attached hydrogens (tertiary/aromatic N) is 7. The largest absolute Gasteiger partial charge is 0.323 e. The van der Waals surface area contributed by atoms with E-state index < -0.39 is 6.04 Å². The average Bonchev–Trinajstić information content (AvgIpc) is 3.38. The van der Waals surface area contributed by atoms with E-state index in [-0.39, 0.29) is 17.4 Å². The van der Waals surface area contributed by atoms with E-state index in [1.54, 1.807) is 52.4 Å². The lowest BCUT2D eigenvalue weighted by Gasteiger charge is -2.22. The molecule has 2 atom stereocenters. The number of hydrogen-bond acceptors (Lipinski definition) is 6. The van der Waals surface area contributed by atoms with Crippen LogP contribution in [0.4, 0.5) is 11.4 Å². The molecule has 0 aliphatic carbocycles. The van der Waals surface area contributed by atoms with Gasteiger partial charge < -0.3 is 5.32 Å². The van der Waals surface area contributed by atoms with Crippen LogP contribution in [-0.4, -0.2) is 35.2 Å². The van der Waals surface area contributed by atoms with Gasteiger partial charge in [-0.05, 0) is 54.3 Å². The number of anilines is 1. The molecule has 4 aromatic heterocycles. The molecule has 0 saturated heterocycles. The van der Waals surface area contributed by atoms with Gasteiger partial charge in [0.25, 0.3) is 5.56 Å². The SMILES string of the molecule is [C-]#[N+]c1cncc(-c2ccc(Cl)cc2-c2cc(=O)n([C@H]3CCC[C@@H](C)C(=O)Nc4cnn(C)c4-c4ccnc3c4)cn2)c1. The van der Waals surface area contributed by atoms with Crippen molar-refractivity contribution in [3.63, 3.8) is 0 Å². The van der Waals surface area contributed by atoms with Crippen molar-refractivity contribution in [2.75, 3.05) is 5.32 Å². The molecule has 6 rings (SSSR count). The molecule has 0 saturated carbocycles. The molecule has 5 heterocycles. The van der Waals surface area contributed by atoms with Gasteiger partial charge in [-0.3, -0.25) is 28.8 Å². The topological polar surface area (TPSA) is 112 Å². The normalized spacial score (nSPS) is 16.7. The van der Waals surface area contributed by atoms with Gasteiger partial charge in [0, 0.05) is 53.8 Å². The number of nitrogens with one attached hydrogen (secondary N) is 1. The number of pyridine rings is 2. The Kier molecular flexibility index (Phi) is 7.57. The van der Waals surface area contributed by atoms with Gasteiger partial charge in [0.2, 0.25) is 11.6 Å². The van der Waals surface area contributed by atoms with Crippen molar-refractivity contribution in [2.24, 2.45) is 13.0 Å². The van der Waals surface area contributed by atoms with Crippen molar-refractivity contribution in [1.29, 1.82) is 0 Å². The third kappa shape index (κ3) is 5.55. The van der Waals surface area contributed by atoms with Crippen molar-refractivity contribution < 1.29 is 4.79 Å². The number of benzene rings is 1. The first-order valence-corrected chi connectivity index (χ1v) is 14.2. The van der Waals surface area contributed by atoms with Crippen LogP contribution in [0.5, 0.6) is 0 Å². The minimum Gasteiger partial charge on any atom is -0.323 e. The van der Waals surface area contributed by atoms with Gasteiger partial charge in [0.05, 0.1) is 47.9 Å². The maximum atomic E-state index is 13.8. The van der Waals surface area contributed by atoms with E-state index in [1.807, 2.05) is 32.2 Å². The monoisotopic (exact) mass is 590 g/mol. The highest BCUT2D eigenvalue weighted by molar-refractivity contribution is 6.31. The maximum absolute atomic E-state index is 13.8. The van der Waals surface area contributed by atoms with Crippen LogP contribution >= 0.6 is 11.6 Å². The zero-order valence-electron chi connectivity index (χ0n) is 23.5. The van der Waals surface area contributed by atoms with Gasteiger partial charge in [0.15, 0.2) is 0 Å². The molecule has 2 bridgehead atoms. The quantitative estimate of drug-likeness (QED) is 0.246. The highest BCUT2D eigenvalue weighted by atomic mass is 35.5. The zero-order valence-corrected chi connectivity index (χ0v) is 24.3. The average molecular weight is 591 g/mol. The zero-order chi connectivity index (χ0) is 30.1. The van der Waals surface area contributed by atoms with Crippen LogP contribution in [0.2, 0.25) is 5.02 Å². The summed E-state index contributed by atoms with van der Waals surface area (Å²) in [7, 11) is 1.82. The summed E-state index contributed by atoms with van der Waals surface area (Å²) in [6.45, 7) is 9.26. The lowest BCUT2D eigenvalue weighted by atomic mass is 9.96. The van der Waals surface area contributed by atoms with E-state index in [4.69, 9.17) is 23.2 Å². The van der Waals surface area contributed by atoms with E-state index >= 15 is 0 Å². The van der Waals surface area contributed by atoms with E-state index in [9.17, 15) is 9.59 Å². The molecular weight excluding hydrogens is 564 g/mol. The maximum Gasteiger partial charge on any atom is 0.254 e. The third-order valence-electron chi connectivity index (χ3n) is 7.75. The van der Waals surface area contributed by atoms with Crippen molar-refractivity contribution in [1.82, 2.24) is 29.3 Å². The van der Waals surface area contributed by atoms with Gasteiger partial charge in [-0.1, -0.05) is 31.0 Å². The van der Waals surface area contributed by atoms with Crippen LogP contribution in [0.1, 0.15) is 37.9 Å². The van der Waals surface area contributed by atoms with Crippen molar-refractivity contribution in [3.8, 4) is 33.6 Å². The molecule has 1 N–H and O–H groups in total. The van der Waals surface area contributed by atoms with Crippen LogP contribution in [0.25, 0.3) is 38.5 Å². The molecule has 1 aliphatic heterocycles. The lowest BCUT2D eigenvalue weighted by molar-refractivity contribution is -0.119. The summed E-state index contributed by atoms with van der Waals surface area (Å²) in [5, 5.41) is 7.88. The Morgan fingerprint density at radius 2 is 1.86 bits per heavy atom. The number of aryl methyl sites for hydroxylation is 1. The van der Waals surface area contributed by atoms with Crippen LogP contribution in [0, 0.1) is 12.5 Å². The number of aromatic nitrogens is 6. The minimum absolute atomic E-state index is 0.0710. The fourth-order valence-corrected chi connectivity index (χ4v) is 5.66.